The summed E-state index contributed by atoms with van der Waals surface area (Å²) in [7, 11) is 1.74. The van der Waals surface area contributed by atoms with Crippen molar-refractivity contribution in [2.45, 2.75) is 31.9 Å². The summed E-state index contributed by atoms with van der Waals surface area (Å²) < 4.78 is 15.2. The summed E-state index contributed by atoms with van der Waals surface area (Å²) in [6, 6.07) is 4.42. The molecular weight excluding hydrogens is 387 g/mol. The number of carbonyl (C=O) groups is 1. The predicted octanol–water partition coefficient (Wildman–Crippen LogP) is 2.54. The highest BCUT2D eigenvalue weighted by atomic mass is 19.1. The molecule has 1 aliphatic carbocycles. The first-order valence-corrected chi connectivity index (χ1v) is 9.86. The third-order valence-corrected chi connectivity index (χ3v) is 5.90. The summed E-state index contributed by atoms with van der Waals surface area (Å²) >= 11 is 0. The molecule has 0 saturated heterocycles. The lowest BCUT2D eigenvalue weighted by Crippen LogP contribution is -2.45. The zero-order valence-corrected chi connectivity index (χ0v) is 16.6. The Morgan fingerprint density at radius 2 is 2.20 bits per heavy atom. The minimum atomic E-state index is -0.337. The van der Waals surface area contributed by atoms with E-state index in [1.165, 1.54) is 12.1 Å². The number of aliphatic hydroxyl groups excluding tert-OH is 1. The Bertz CT molecular complexity index is 1270. The summed E-state index contributed by atoms with van der Waals surface area (Å²) in [5, 5.41) is 17.7. The SMILES string of the molecule is CC(NC(=O)c1c[nH]c2ncc(-c3nn(C)c4cc(F)ccc34)nc12)[C@H]1C[C@@H](O)C1. The van der Waals surface area contributed by atoms with E-state index in [0.29, 0.717) is 46.5 Å². The van der Waals surface area contributed by atoms with E-state index in [1.54, 1.807) is 30.2 Å². The number of carbonyl (C=O) groups excluding carboxylic acids is 1. The first-order valence-electron chi connectivity index (χ1n) is 9.86. The molecule has 5 rings (SSSR count). The van der Waals surface area contributed by atoms with Crippen LogP contribution in [0.1, 0.15) is 30.1 Å². The van der Waals surface area contributed by atoms with Gasteiger partial charge in [-0.15, -0.1) is 0 Å². The number of aromatic nitrogens is 5. The molecule has 1 fully saturated rings. The predicted molar refractivity (Wildman–Crippen MR) is 109 cm³/mol. The molecule has 3 aromatic heterocycles. The van der Waals surface area contributed by atoms with E-state index < -0.39 is 0 Å². The molecule has 1 saturated carbocycles. The fourth-order valence-corrected chi connectivity index (χ4v) is 4.04. The van der Waals surface area contributed by atoms with Crippen molar-refractivity contribution < 1.29 is 14.3 Å². The number of benzene rings is 1. The third kappa shape index (κ3) is 3.02. The van der Waals surface area contributed by atoms with Crippen molar-refractivity contribution in [1.82, 2.24) is 30.0 Å². The highest BCUT2D eigenvalue weighted by Crippen LogP contribution is 2.31. The van der Waals surface area contributed by atoms with Gasteiger partial charge in [0.2, 0.25) is 0 Å². The van der Waals surface area contributed by atoms with Gasteiger partial charge in [0, 0.05) is 24.7 Å². The van der Waals surface area contributed by atoms with Crippen molar-refractivity contribution in [3.63, 3.8) is 0 Å². The number of aliphatic hydroxyl groups is 1. The standard InChI is InChI=1S/C21H21FN6O2/c1-10(11-5-13(29)6-11)25-21(30)15-8-23-20-19(15)26-16(9-24-20)18-14-4-3-12(22)7-17(14)28(2)27-18/h3-4,7-11,13,29H,5-6H2,1-2H3,(H,23,24)(H,25,30)/t10?,11-,13+. The van der Waals surface area contributed by atoms with Crippen LogP contribution in [0, 0.1) is 11.7 Å². The lowest BCUT2D eigenvalue weighted by Gasteiger charge is -2.36. The Labute approximate surface area is 171 Å². The Morgan fingerprint density at radius 1 is 1.40 bits per heavy atom. The summed E-state index contributed by atoms with van der Waals surface area (Å²) in [5.74, 6) is -0.304. The fourth-order valence-electron chi connectivity index (χ4n) is 4.04. The third-order valence-electron chi connectivity index (χ3n) is 5.90. The van der Waals surface area contributed by atoms with Gasteiger partial charge < -0.3 is 15.4 Å². The summed E-state index contributed by atoms with van der Waals surface area (Å²) in [6.45, 7) is 1.94. The topological polar surface area (TPSA) is 109 Å². The summed E-state index contributed by atoms with van der Waals surface area (Å²) in [6.07, 6.45) is 4.32. The van der Waals surface area contributed by atoms with Gasteiger partial charge in [0.05, 0.1) is 23.4 Å². The van der Waals surface area contributed by atoms with Crippen LogP contribution in [0.3, 0.4) is 0 Å². The molecule has 1 aliphatic rings. The molecule has 1 atom stereocenters. The zero-order chi connectivity index (χ0) is 21.0. The average molecular weight is 408 g/mol. The van der Waals surface area contributed by atoms with Crippen molar-refractivity contribution in [3.8, 4) is 11.4 Å². The van der Waals surface area contributed by atoms with Crippen LogP contribution in [0.2, 0.25) is 0 Å². The molecule has 0 aliphatic heterocycles. The number of H-pyrrole nitrogens is 1. The smallest absolute Gasteiger partial charge is 0.255 e. The largest absolute Gasteiger partial charge is 0.393 e. The molecular formula is C21H21FN6O2. The molecule has 0 bridgehead atoms. The molecule has 1 amide bonds. The fraction of sp³-hybridized carbons (Fsp3) is 0.333. The second-order valence-electron chi connectivity index (χ2n) is 7.94. The van der Waals surface area contributed by atoms with Crippen LogP contribution in [0.15, 0.2) is 30.6 Å². The average Bonchev–Trinajstić information content (AvgIpc) is 3.26. The molecule has 3 heterocycles. The van der Waals surface area contributed by atoms with Crippen molar-refractivity contribution >= 4 is 28.0 Å². The number of amides is 1. The molecule has 1 aromatic carbocycles. The van der Waals surface area contributed by atoms with Gasteiger partial charge in [-0.25, -0.2) is 14.4 Å². The summed E-state index contributed by atoms with van der Waals surface area (Å²) in [4.78, 5) is 24.9. The Balaban J connectivity index is 1.50. The van der Waals surface area contributed by atoms with Gasteiger partial charge >= 0.3 is 0 Å². The van der Waals surface area contributed by atoms with Gasteiger partial charge in [-0.1, -0.05) is 0 Å². The second kappa shape index (κ2) is 6.88. The number of nitrogens with zero attached hydrogens (tertiary/aromatic N) is 4. The molecule has 3 N–H and O–H groups in total. The van der Waals surface area contributed by atoms with Gasteiger partial charge in [-0.05, 0) is 43.9 Å². The van der Waals surface area contributed by atoms with E-state index >= 15 is 0 Å². The van der Waals surface area contributed by atoms with Crippen LogP contribution < -0.4 is 5.32 Å². The van der Waals surface area contributed by atoms with Crippen LogP contribution in [0.4, 0.5) is 4.39 Å². The van der Waals surface area contributed by atoms with Gasteiger partial charge in [0.15, 0.2) is 5.65 Å². The molecule has 1 unspecified atom stereocenters. The van der Waals surface area contributed by atoms with Crippen LogP contribution in [0.25, 0.3) is 33.5 Å². The van der Waals surface area contributed by atoms with E-state index in [0.717, 1.165) is 5.39 Å². The molecule has 30 heavy (non-hydrogen) atoms. The first-order chi connectivity index (χ1) is 14.4. The lowest BCUT2D eigenvalue weighted by molar-refractivity contribution is 0.0270. The van der Waals surface area contributed by atoms with Crippen LogP contribution in [-0.4, -0.2) is 47.9 Å². The number of aryl methyl sites for hydroxylation is 1. The molecule has 0 spiro atoms. The van der Waals surface area contributed by atoms with E-state index in [-0.39, 0.29) is 29.8 Å². The molecule has 0 radical (unpaired) electrons. The maximum Gasteiger partial charge on any atom is 0.255 e. The van der Waals surface area contributed by atoms with Gasteiger partial charge in [0.1, 0.15) is 22.7 Å². The van der Waals surface area contributed by atoms with Crippen molar-refractivity contribution in [1.29, 1.82) is 0 Å². The van der Waals surface area contributed by atoms with Crippen LogP contribution in [0.5, 0.6) is 0 Å². The molecule has 154 valence electrons. The summed E-state index contributed by atoms with van der Waals surface area (Å²) in [5.41, 5.74) is 3.08. The number of rotatable bonds is 4. The maximum atomic E-state index is 13.6. The number of nitrogens with one attached hydrogen (secondary N) is 2. The van der Waals surface area contributed by atoms with Crippen LogP contribution >= 0.6 is 0 Å². The van der Waals surface area contributed by atoms with Crippen LogP contribution in [-0.2, 0) is 7.05 Å². The molecule has 4 aromatic rings. The number of fused-ring (bicyclic) bond motifs is 2. The minimum absolute atomic E-state index is 0.0448. The lowest BCUT2D eigenvalue weighted by atomic mass is 9.78. The van der Waals surface area contributed by atoms with Gasteiger partial charge in [-0.3, -0.25) is 9.48 Å². The Morgan fingerprint density at radius 3 is 2.97 bits per heavy atom. The number of halogens is 1. The van der Waals surface area contributed by atoms with Gasteiger partial charge in [0.25, 0.3) is 5.91 Å². The Kier molecular flexibility index (Phi) is 4.28. The second-order valence-corrected chi connectivity index (χ2v) is 7.94. The minimum Gasteiger partial charge on any atom is -0.393 e. The highest BCUT2D eigenvalue weighted by Gasteiger charge is 2.32. The highest BCUT2D eigenvalue weighted by molar-refractivity contribution is 6.05. The zero-order valence-electron chi connectivity index (χ0n) is 16.6. The maximum absolute atomic E-state index is 13.6. The van der Waals surface area contributed by atoms with Crippen molar-refractivity contribution in [2.75, 3.05) is 0 Å². The number of hydrogen-bond donors (Lipinski definition) is 3. The quantitative estimate of drug-likeness (QED) is 0.481. The first kappa shape index (κ1) is 18.7. The Hall–Kier alpha value is -3.33. The molecule has 8 nitrogen and oxygen atoms in total. The van der Waals surface area contributed by atoms with E-state index in [2.05, 4.69) is 25.4 Å². The van der Waals surface area contributed by atoms with E-state index in [4.69, 9.17) is 0 Å². The number of hydrogen-bond acceptors (Lipinski definition) is 5. The van der Waals surface area contributed by atoms with E-state index in [9.17, 15) is 14.3 Å². The number of aromatic amines is 1. The monoisotopic (exact) mass is 408 g/mol. The van der Waals surface area contributed by atoms with Crippen molar-refractivity contribution in [3.05, 3.63) is 42.0 Å². The van der Waals surface area contributed by atoms with E-state index in [1.807, 2.05) is 6.92 Å². The normalized spacial score (nSPS) is 19.7. The van der Waals surface area contributed by atoms with Gasteiger partial charge in [-0.2, -0.15) is 5.10 Å². The van der Waals surface area contributed by atoms with Crippen molar-refractivity contribution in [2.24, 2.45) is 13.0 Å². The molecule has 9 heteroatoms.